The number of rotatable bonds is 6. The number of hydrogen-bond donors (Lipinski definition) is 2. The van der Waals surface area contributed by atoms with E-state index in [0.29, 0.717) is 16.0 Å². The summed E-state index contributed by atoms with van der Waals surface area (Å²) in [5.41, 5.74) is 0. The standard InChI is InChI=1S/C11H16BrClN2O2S/c1-3-14-8(2)7-15-18(16,17)10-6-4-5-9(13)11(10)12/h4-6,8,14-15H,3,7H2,1-2H3/t8-/m1/s1. The molecule has 7 heteroatoms. The Morgan fingerprint density at radius 3 is 2.72 bits per heavy atom. The molecule has 0 radical (unpaired) electrons. The van der Waals surface area contributed by atoms with Crippen LogP contribution in [0, 0.1) is 0 Å². The first-order valence-corrected chi connectivity index (χ1v) is 8.21. The van der Waals surface area contributed by atoms with E-state index < -0.39 is 10.0 Å². The van der Waals surface area contributed by atoms with Crippen LogP contribution >= 0.6 is 27.5 Å². The van der Waals surface area contributed by atoms with Crippen molar-refractivity contribution in [1.82, 2.24) is 10.0 Å². The zero-order valence-corrected chi connectivity index (χ0v) is 13.4. The summed E-state index contributed by atoms with van der Waals surface area (Å²) in [4.78, 5) is 0.152. The van der Waals surface area contributed by atoms with Gasteiger partial charge in [0.15, 0.2) is 0 Å². The molecule has 0 fully saturated rings. The number of nitrogens with one attached hydrogen (secondary N) is 2. The Hall–Kier alpha value is -0.140. The molecule has 0 spiro atoms. The summed E-state index contributed by atoms with van der Waals surface area (Å²) < 4.78 is 27.1. The Morgan fingerprint density at radius 2 is 2.11 bits per heavy atom. The number of likely N-dealkylation sites (N-methyl/N-ethyl adjacent to an activating group) is 1. The number of sulfonamides is 1. The minimum Gasteiger partial charge on any atom is -0.313 e. The first-order valence-electron chi connectivity index (χ1n) is 5.55. The first kappa shape index (κ1) is 15.9. The largest absolute Gasteiger partial charge is 0.313 e. The van der Waals surface area contributed by atoms with Crippen LogP contribution < -0.4 is 10.0 Å². The van der Waals surface area contributed by atoms with Gasteiger partial charge in [-0.25, -0.2) is 13.1 Å². The molecule has 1 rings (SSSR count). The lowest BCUT2D eigenvalue weighted by Gasteiger charge is -2.14. The Morgan fingerprint density at radius 1 is 1.44 bits per heavy atom. The third-order valence-corrected chi connectivity index (χ3v) is 5.46. The molecule has 102 valence electrons. The lowest BCUT2D eigenvalue weighted by molar-refractivity contribution is 0.536. The zero-order chi connectivity index (χ0) is 13.8. The van der Waals surface area contributed by atoms with E-state index in [-0.39, 0.29) is 10.9 Å². The van der Waals surface area contributed by atoms with Gasteiger partial charge in [0.2, 0.25) is 10.0 Å². The topological polar surface area (TPSA) is 58.2 Å². The smallest absolute Gasteiger partial charge is 0.241 e. The average molecular weight is 356 g/mol. The number of benzene rings is 1. The molecule has 0 saturated heterocycles. The van der Waals surface area contributed by atoms with Gasteiger partial charge in [0.05, 0.1) is 14.4 Å². The van der Waals surface area contributed by atoms with Gasteiger partial charge in [-0.05, 0) is 41.5 Å². The number of hydrogen-bond acceptors (Lipinski definition) is 3. The van der Waals surface area contributed by atoms with Crippen LogP contribution in [0.4, 0.5) is 0 Å². The molecule has 0 aliphatic rings. The van der Waals surface area contributed by atoms with Crippen molar-refractivity contribution in [1.29, 1.82) is 0 Å². The van der Waals surface area contributed by atoms with Gasteiger partial charge in [0.1, 0.15) is 0 Å². The van der Waals surface area contributed by atoms with Crippen LogP contribution in [0.5, 0.6) is 0 Å². The van der Waals surface area contributed by atoms with Crippen molar-refractivity contribution in [2.75, 3.05) is 13.1 Å². The SMILES string of the molecule is CCN[C@H](C)CNS(=O)(=O)c1cccc(Cl)c1Br. The maximum atomic E-state index is 12.1. The molecule has 0 aliphatic heterocycles. The van der Waals surface area contributed by atoms with E-state index in [1.165, 1.54) is 6.07 Å². The molecule has 18 heavy (non-hydrogen) atoms. The van der Waals surface area contributed by atoms with Gasteiger partial charge in [-0.1, -0.05) is 24.6 Å². The summed E-state index contributed by atoms with van der Waals surface area (Å²) in [6, 6.07) is 4.82. The van der Waals surface area contributed by atoms with Crippen molar-refractivity contribution in [2.45, 2.75) is 24.8 Å². The summed E-state index contributed by atoms with van der Waals surface area (Å²) in [6.45, 7) is 5.01. The van der Waals surface area contributed by atoms with E-state index in [0.717, 1.165) is 6.54 Å². The van der Waals surface area contributed by atoms with Gasteiger partial charge in [-0.2, -0.15) is 0 Å². The van der Waals surface area contributed by atoms with E-state index in [1.54, 1.807) is 12.1 Å². The quantitative estimate of drug-likeness (QED) is 0.824. The highest BCUT2D eigenvalue weighted by Gasteiger charge is 2.19. The Labute approximate surface area is 121 Å². The van der Waals surface area contributed by atoms with Crippen LogP contribution in [0.25, 0.3) is 0 Å². The summed E-state index contributed by atoms with van der Waals surface area (Å²) >= 11 is 9.07. The van der Waals surface area contributed by atoms with Gasteiger partial charge >= 0.3 is 0 Å². The van der Waals surface area contributed by atoms with E-state index in [9.17, 15) is 8.42 Å². The molecule has 0 bridgehead atoms. The normalized spacial score (nSPS) is 13.6. The predicted molar refractivity (Wildman–Crippen MR) is 77.5 cm³/mol. The Balaban J connectivity index is 2.84. The fraction of sp³-hybridized carbons (Fsp3) is 0.455. The third kappa shape index (κ3) is 4.20. The molecular weight excluding hydrogens is 340 g/mol. The molecule has 0 unspecified atom stereocenters. The van der Waals surface area contributed by atoms with Crippen molar-refractivity contribution in [2.24, 2.45) is 0 Å². The Kier molecular flexibility index (Phi) is 6.07. The molecule has 0 heterocycles. The molecule has 0 aromatic heterocycles. The van der Waals surface area contributed by atoms with Crippen LogP contribution in [0.2, 0.25) is 5.02 Å². The van der Waals surface area contributed by atoms with Crippen LogP contribution in [0.15, 0.2) is 27.6 Å². The van der Waals surface area contributed by atoms with Gasteiger partial charge < -0.3 is 5.32 Å². The fourth-order valence-electron chi connectivity index (χ4n) is 1.42. The average Bonchev–Trinajstić information content (AvgIpc) is 2.30. The van der Waals surface area contributed by atoms with Crippen molar-refractivity contribution in [3.8, 4) is 0 Å². The van der Waals surface area contributed by atoms with Gasteiger partial charge in [-0.15, -0.1) is 0 Å². The maximum absolute atomic E-state index is 12.1. The molecule has 2 N–H and O–H groups in total. The molecule has 0 aliphatic carbocycles. The molecule has 0 saturated carbocycles. The molecule has 4 nitrogen and oxygen atoms in total. The van der Waals surface area contributed by atoms with Crippen LogP contribution in [0.1, 0.15) is 13.8 Å². The van der Waals surface area contributed by atoms with Crippen molar-refractivity contribution in [3.63, 3.8) is 0 Å². The first-order chi connectivity index (χ1) is 8.38. The highest BCUT2D eigenvalue weighted by atomic mass is 79.9. The van der Waals surface area contributed by atoms with Crippen LogP contribution in [-0.4, -0.2) is 27.5 Å². The maximum Gasteiger partial charge on any atom is 0.241 e. The predicted octanol–water partition coefficient (Wildman–Crippen LogP) is 2.38. The molecule has 1 atom stereocenters. The molecule has 1 aromatic rings. The summed E-state index contributed by atoms with van der Waals surface area (Å²) in [5.74, 6) is 0. The Bertz CT molecular complexity index is 508. The van der Waals surface area contributed by atoms with Crippen molar-refractivity contribution in [3.05, 3.63) is 27.7 Å². The third-order valence-electron chi connectivity index (χ3n) is 2.34. The van der Waals surface area contributed by atoms with Gasteiger partial charge in [-0.3, -0.25) is 0 Å². The highest BCUT2D eigenvalue weighted by Crippen LogP contribution is 2.29. The second-order valence-corrected chi connectivity index (χ2v) is 6.80. The molecular formula is C11H16BrClN2O2S. The van der Waals surface area contributed by atoms with E-state index in [2.05, 4.69) is 26.0 Å². The monoisotopic (exact) mass is 354 g/mol. The second kappa shape index (κ2) is 6.86. The minimum absolute atomic E-state index is 0.0720. The fourth-order valence-corrected chi connectivity index (χ4v) is 3.79. The van der Waals surface area contributed by atoms with E-state index in [4.69, 9.17) is 11.6 Å². The summed E-state index contributed by atoms with van der Waals surface area (Å²) in [6.07, 6.45) is 0. The van der Waals surface area contributed by atoms with Crippen LogP contribution in [0.3, 0.4) is 0 Å². The molecule has 1 aromatic carbocycles. The van der Waals surface area contributed by atoms with E-state index in [1.807, 2.05) is 13.8 Å². The van der Waals surface area contributed by atoms with Gasteiger partial charge in [0, 0.05) is 12.6 Å². The molecule has 0 amide bonds. The minimum atomic E-state index is -3.55. The number of halogens is 2. The lowest BCUT2D eigenvalue weighted by Crippen LogP contribution is -2.38. The lowest BCUT2D eigenvalue weighted by atomic mass is 10.3. The highest BCUT2D eigenvalue weighted by molar-refractivity contribution is 9.10. The second-order valence-electron chi connectivity index (χ2n) is 3.86. The summed E-state index contributed by atoms with van der Waals surface area (Å²) in [5, 5.41) is 3.50. The zero-order valence-electron chi connectivity index (χ0n) is 10.2. The van der Waals surface area contributed by atoms with Crippen molar-refractivity contribution < 1.29 is 8.42 Å². The van der Waals surface area contributed by atoms with Crippen LogP contribution in [-0.2, 0) is 10.0 Å². The van der Waals surface area contributed by atoms with E-state index >= 15 is 0 Å². The van der Waals surface area contributed by atoms with Gasteiger partial charge in [0.25, 0.3) is 0 Å². The van der Waals surface area contributed by atoms with Crippen molar-refractivity contribution >= 4 is 37.6 Å². The summed E-state index contributed by atoms with van der Waals surface area (Å²) in [7, 11) is -3.55.